The minimum Gasteiger partial charge on any atom is -0.311 e. The fourth-order valence-electron chi connectivity index (χ4n) is 2.94. The van der Waals surface area contributed by atoms with Crippen LogP contribution >= 0.6 is 11.6 Å². The van der Waals surface area contributed by atoms with E-state index in [1.54, 1.807) is 0 Å². The van der Waals surface area contributed by atoms with Crippen LogP contribution in [0.25, 0.3) is 11.2 Å². The number of hydrogen-bond donors (Lipinski definition) is 0. The number of halogens is 1. The van der Waals surface area contributed by atoms with Crippen LogP contribution in [-0.4, -0.2) is 19.3 Å². The third kappa shape index (κ3) is 2.16. The molecule has 2 aromatic heterocycles. The number of aromatic nitrogens is 4. The molecule has 0 aromatic carbocycles. The van der Waals surface area contributed by atoms with Crippen LogP contribution in [0, 0.1) is 18.8 Å². The van der Waals surface area contributed by atoms with E-state index in [1.165, 1.54) is 12.8 Å². The number of rotatable bonds is 4. The van der Waals surface area contributed by atoms with Gasteiger partial charge in [0.25, 0.3) is 0 Å². The van der Waals surface area contributed by atoms with Gasteiger partial charge in [-0.15, -0.1) is 11.6 Å². The van der Waals surface area contributed by atoms with Crippen LogP contribution in [0.1, 0.15) is 43.6 Å². The highest BCUT2D eigenvalue weighted by Gasteiger charge is 2.30. The lowest BCUT2D eigenvalue weighted by Gasteiger charge is -2.15. The molecule has 104 valence electrons. The Morgan fingerprint density at radius 3 is 2.63 bits per heavy atom. The summed E-state index contributed by atoms with van der Waals surface area (Å²) in [6.45, 7) is 7.32. The standard InChI is InChI=1S/C14H21ClN4/c1-8(11-5-6-11)7-19-13(9(2)15)16-12-10(3)17-18(4)14(12)19/h8-9,11H,5-7H2,1-4H3. The number of fused-ring (bicyclic) bond motifs is 1. The number of nitrogens with zero attached hydrogens (tertiary/aromatic N) is 4. The molecule has 0 amide bonds. The summed E-state index contributed by atoms with van der Waals surface area (Å²) in [5, 5.41) is 4.40. The molecular formula is C14H21ClN4. The molecule has 19 heavy (non-hydrogen) atoms. The fourth-order valence-corrected chi connectivity index (χ4v) is 3.10. The van der Waals surface area contributed by atoms with Gasteiger partial charge in [0.05, 0.1) is 11.1 Å². The molecule has 4 nitrogen and oxygen atoms in total. The van der Waals surface area contributed by atoms with E-state index in [0.717, 1.165) is 35.1 Å². The van der Waals surface area contributed by atoms with Crippen molar-refractivity contribution in [1.29, 1.82) is 0 Å². The first-order valence-electron chi connectivity index (χ1n) is 7.02. The highest BCUT2D eigenvalue weighted by Crippen LogP contribution is 2.38. The molecular weight excluding hydrogens is 260 g/mol. The molecule has 2 unspecified atom stereocenters. The molecule has 1 aliphatic rings. The average Bonchev–Trinajstić information content (AvgIpc) is 3.05. The zero-order valence-electron chi connectivity index (χ0n) is 12.0. The summed E-state index contributed by atoms with van der Waals surface area (Å²) in [4.78, 5) is 4.71. The third-order valence-corrected chi connectivity index (χ3v) is 4.37. The molecule has 1 saturated carbocycles. The smallest absolute Gasteiger partial charge is 0.158 e. The van der Waals surface area contributed by atoms with Gasteiger partial charge in [0.2, 0.25) is 0 Å². The topological polar surface area (TPSA) is 35.6 Å². The SMILES string of the molecule is Cc1nn(C)c2c1nc(C(C)Cl)n2CC(C)C1CC1. The second kappa shape index (κ2) is 4.51. The fraction of sp³-hybridized carbons (Fsp3) is 0.714. The Morgan fingerprint density at radius 2 is 2.05 bits per heavy atom. The summed E-state index contributed by atoms with van der Waals surface area (Å²) in [6.07, 6.45) is 2.74. The van der Waals surface area contributed by atoms with Crippen LogP contribution < -0.4 is 0 Å². The summed E-state index contributed by atoms with van der Waals surface area (Å²) < 4.78 is 4.20. The molecule has 1 fully saturated rings. The summed E-state index contributed by atoms with van der Waals surface area (Å²) in [7, 11) is 1.98. The van der Waals surface area contributed by atoms with Crippen LogP contribution in [0.4, 0.5) is 0 Å². The van der Waals surface area contributed by atoms with Crippen molar-refractivity contribution in [3.05, 3.63) is 11.5 Å². The van der Waals surface area contributed by atoms with Gasteiger partial charge < -0.3 is 4.57 Å². The monoisotopic (exact) mass is 280 g/mol. The maximum Gasteiger partial charge on any atom is 0.158 e. The molecule has 0 N–H and O–H groups in total. The van der Waals surface area contributed by atoms with E-state index in [0.29, 0.717) is 5.92 Å². The second-order valence-electron chi connectivity index (χ2n) is 5.89. The van der Waals surface area contributed by atoms with Crippen molar-refractivity contribution in [3.63, 3.8) is 0 Å². The third-order valence-electron chi connectivity index (χ3n) is 4.17. The lowest BCUT2D eigenvalue weighted by Crippen LogP contribution is -2.14. The number of hydrogen-bond acceptors (Lipinski definition) is 2. The first-order chi connectivity index (χ1) is 8.99. The molecule has 0 radical (unpaired) electrons. The molecule has 1 aliphatic carbocycles. The minimum absolute atomic E-state index is 0.0711. The van der Waals surface area contributed by atoms with E-state index in [-0.39, 0.29) is 5.38 Å². The Hall–Kier alpha value is -1.03. The normalized spacial score (nSPS) is 19.0. The zero-order valence-corrected chi connectivity index (χ0v) is 12.8. The minimum atomic E-state index is -0.0711. The highest BCUT2D eigenvalue weighted by atomic mass is 35.5. The molecule has 0 saturated heterocycles. The van der Waals surface area contributed by atoms with Gasteiger partial charge in [0.1, 0.15) is 11.3 Å². The van der Waals surface area contributed by atoms with Gasteiger partial charge in [-0.3, -0.25) is 4.68 Å². The number of imidazole rings is 1. The number of alkyl halides is 1. The molecule has 0 bridgehead atoms. The van der Waals surface area contributed by atoms with E-state index in [4.69, 9.17) is 16.6 Å². The quantitative estimate of drug-likeness (QED) is 0.805. The molecule has 0 spiro atoms. The average molecular weight is 281 g/mol. The summed E-state index contributed by atoms with van der Waals surface area (Å²) in [5.74, 6) is 2.53. The van der Waals surface area contributed by atoms with Gasteiger partial charge in [-0.25, -0.2) is 4.98 Å². The van der Waals surface area contributed by atoms with E-state index in [9.17, 15) is 0 Å². The maximum atomic E-state index is 6.31. The van der Waals surface area contributed by atoms with Crippen molar-refractivity contribution in [3.8, 4) is 0 Å². The first-order valence-corrected chi connectivity index (χ1v) is 7.46. The summed E-state index contributed by atoms with van der Waals surface area (Å²) in [6, 6.07) is 0. The van der Waals surface area contributed by atoms with Crippen LogP contribution in [0.2, 0.25) is 0 Å². The van der Waals surface area contributed by atoms with Crippen molar-refractivity contribution in [2.45, 2.75) is 45.5 Å². The highest BCUT2D eigenvalue weighted by molar-refractivity contribution is 6.20. The van der Waals surface area contributed by atoms with Gasteiger partial charge in [-0.05, 0) is 38.5 Å². The Labute approximate surface area is 118 Å². The largest absolute Gasteiger partial charge is 0.311 e. The van der Waals surface area contributed by atoms with E-state index in [2.05, 4.69) is 16.6 Å². The van der Waals surface area contributed by atoms with Gasteiger partial charge in [0, 0.05) is 13.6 Å². The second-order valence-corrected chi connectivity index (χ2v) is 6.55. The molecule has 0 aliphatic heterocycles. The van der Waals surface area contributed by atoms with Crippen LogP contribution in [-0.2, 0) is 13.6 Å². The van der Waals surface area contributed by atoms with Crippen molar-refractivity contribution < 1.29 is 0 Å². The van der Waals surface area contributed by atoms with E-state index >= 15 is 0 Å². The van der Waals surface area contributed by atoms with Crippen LogP contribution in [0.3, 0.4) is 0 Å². The predicted molar refractivity (Wildman–Crippen MR) is 77.4 cm³/mol. The van der Waals surface area contributed by atoms with Crippen LogP contribution in [0.15, 0.2) is 0 Å². The van der Waals surface area contributed by atoms with Gasteiger partial charge in [-0.1, -0.05) is 6.92 Å². The molecule has 5 heteroatoms. The van der Waals surface area contributed by atoms with Gasteiger partial charge in [-0.2, -0.15) is 5.10 Å². The Bertz CT molecular complexity index is 607. The first kappa shape index (κ1) is 13.0. The van der Waals surface area contributed by atoms with E-state index in [1.807, 2.05) is 25.6 Å². The molecule has 2 aromatic rings. The van der Waals surface area contributed by atoms with Gasteiger partial charge in [0.15, 0.2) is 5.65 Å². The molecule has 2 heterocycles. The lowest BCUT2D eigenvalue weighted by atomic mass is 10.1. The summed E-state index contributed by atoms with van der Waals surface area (Å²) >= 11 is 6.31. The Morgan fingerprint density at radius 1 is 1.37 bits per heavy atom. The maximum absolute atomic E-state index is 6.31. The summed E-state index contributed by atoms with van der Waals surface area (Å²) in [5.41, 5.74) is 3.08. The van der Waals surface area contributed by atoms with Crippen molar-refractivity contribution >= 4 is 22.8 Å². The predicted octanol–water partition coefficient (Wildman–Crippen LogP) is 3.42. The van der Waals surface area contributed by atoms with Crippen molar-refractivity contribution in [2.75, 3.05) is 0 Å². The number of aryl methyl sites for hydroxylation is 2. The van der Waals surface area contributed by atoms with Crippen LogP contribution in [0.5, 0.6) is 0 Å². The zero-order chi connectivity index (χ0) is 13.7. The van der Waals surface area contributed by atoms with Crippen molar-refractivity contribution in [1.82, 2.24) is 19.3 Å². The van der Waals surface area contributed by atoms with E-state index < -0.39 is 0 Å². The molecule has 3 rings (SSSR count). The Kier molecular flexibility index (Phi) is 3.08. The molecule has 2 atom stereocenters. The van der Waals surface area contributed by atoms with Gasteiger partial charge >= 0.3 is 0 Å². The lowest BCUT2D eigenvalue weighted by molar-refractivity contribution is 0.424. The van der Waals surface area contributed by atoms with Crippen molar-refractivity contribution in [2.24, 2.45) is 18.9 Å². The Balaban J connectivity index is 2.09.